The number of hydrogen-bond acceptors (Lipinski definition) is 5. The molecule has 0 aromatic carbocycles. The van der Waals surface area contributed by atoms with E-state index in [-0.39, 0.29) is 18.2 Å². The number of aromatic nitrogens is 1. The maximum absolute atomic E-state index is 12.3. The van der Waals surface area contributed by atoms with Crippen LogP contribution in [0.2, 0.25) is 0 Å². The standard InChI is InChI=1S/C16H21N5O3/c22-14(5-4-12-15(23)20-16(24)19-12)21-9-6-11(7-10-21)18-13-3-1-2-8-17-13/h1-3,8,11-12H,4-7,9-10H2,(H,17,18)(H2,19,20,23,24)/t12-/m1/s1. The molecule has 3 heterocycles. The summed E-state index contributed by atoms with van der Waals surface area (Å²) in [5.74, 6) is 0.525. The van der Waals surface area contributed by atoms with Crippen LogP contribution in [0.5, 0.6) is 0 Å². The van der Waals surface area contributed by atoms with E-state index in [1.165, 1.54) is 0 Å². The van der Waals surface area contributed by atoms with E-state index in [0.717, 1.165) is 18.7 Å². The largest absolute Gasteiger partial charge is 0.367 e. The summed E-state index contributed by atoms with van der Waals surface area (Å²) in [6, 6.07) is 4.97. The molecule has 4 amide bonds. The number of anilines is 1. The van der Waals surface area contributed by atoms with Crippen LogP contribution in [0.4, 0.5) is 10.6 Å². The number of imide groups is 1. The van der Waals surface area contributed by atoms with Crippen molar-refractivity contribution in [3.8, 4) is 0 Å². The Morgan fingerprint density at radius 2 is 2.08 bits per heavy atom. The summed E-state index contributed by atoms with van der Waals surface area (Å²) in [5, 5.41) is 8.06. The van der Waals surface area contributed by atoms with E-state index in [1.807, 2.05) is 23.1 Å². The third kappa shape index (κ3) is 4.01. The van der Waals surface area contributed by atoms with Crippen molar-refractivity contribution >= 4 is 23.7 Å². The lowest BCUT2D eigenvalue weighted by Gasteiger charge is -2.32. The molecule has 8 nitrogen and oxygen atoms in total. The van der Waals surface area contributed by atoms with Gasteiger partial charge in [0.1, 0.15) is 11.9 Å². The predicted molar refractivity (Wildman–Crippen MR) is 87.2 cm³/mol. The number of rotatable bonds is 5. The van der Waals surface area contributed by atoms with Crippen LogP contribution in [-0.4, -0.2) is 52.9 Å². The van der Waals surface area contributed by atoms with Gasteiger partial charge < -0.3 is 15.5 Å². The first-order chi connectivity index (χ1) is 11.6. The molecule has 2 aliphatic rings. The minimum absolute atomic E-state index is 0.0280. The Hall–Kier alpha value is -2.64. The van der Waals surface area contributed by atoms with Gasteiger partial charge in [-0.1, -0.05) is 6.07 Å². The second kappa shape index (κ2) is 7.29. The van der Waals surface area contributed by atoms with Crippen LogP contribution in [0.1, 0.15) is 25.7 Å². The van der Waals surface area contributed by atoms with Gasteiger partial charge >= 0.3 is 6.03 Å². The van der Waals surface area contributed by atoms with Gasteiger partial charge in [0.05, 0.1) is 0 Å². The molecule has 2 aliphatic heterocycles. The zero-order valence-corrected chi connectivity index (χ0v) is 13.3. The fourth-order valence-corrected chi connectivity index (χ4v) is 3.02. The third-order valence-electron chi connectivity index (χ3n) is 4.37. The molecule has 24 heavy (non-hydrogen) atoms. The van der Waals surface area contributed by atoms with E-state index in [1.54, 1.807) is 6.20 Å². The van der Waals surface area contributed by atoms with Crippen molar-refractivity contribution in [3.05, 3.63) is 24.4 Å². The molecule has 0 bridgehead atoms. The number of urea groups is 1. The summed E-state index contributed by atoms with van der Waals surface area (Å²) < 4.78 is 0. The van der Waals surface area contributed by atoms with Crippen LogP contribution in [0.15, 0.2) is 24.4 Å². The molecule has 0 aliphatic carbocycles. The van der Waals surface area contributed by atoms with Gasteiger partial charge in [-0.05, 0) is 31.4 Å². The SMILES string of the molecule is O=C1NC(=O)[C@@H](CCC(=O)N2CCC(Nc3ccccn3)CC2)N1. The lowest BCUT2D eigenvalue weighted by atomic mass is 10.0. The van der Waals surface area contributed by atoms with E-state index in [4.69, 9.17) is 0 Å². The number of nitrogens with zero attached hydrogens (tertiary/aromatic N) is 2. The van der Waals surface area contributed by atoms with Crippen LogP contribution in [0, 0.1) is 0 Å². The van der Waals surface area contributed by atoms with Crippen molar-refractivity contribution in [3.63, 3.8) is 0 Å². The molecule has 8 heteroatoms. The van der Waals surface area contributed by atoms with Gasteiger partial charge in [0, 0.05) is 31.7 Å². The number of likely N-dealkylation sites (tertiary alicyclic amines) is 1. The summed E-state index contributed by atoms with van der Waals surface area (Å²) >= 11 is 0. The molecule has 0 unspecified atom stereocenters. The lowest BCUT2D eigenvalue weighted by molar-refractivity contribution is -0.132. The summed E-state index contributed by atoms with van der Waals surface area (Å²) in [5.41, 5.74) is 0. The van der Waals surface area contributed by atoms with Gasteiger partial charge in [-0.3, -0.25) is 14.9 Å². The Bertz CT molecular complexity index is 613. The number of piperidine rings is 1. The Balaban J connectivity index is 1.40. The number of hydrogen-bond donors (Lipinski definition) is 3. The van der Waals surface area contributed by atoms with Crippen molar-refractivity contribution in [1.82, 2.24) is 20.5 Å². The molecular weight excluding hydrogens is 310 g/mol. The van der Waals surface area contributed by atoms with Gasteiger partial charge in [-0.15, -0.1) is 0 Å². The topological polar surface area (TPSA) is 103 Å². The molecule has 1 aromatic heterocycles. The fourth-order valence-electron chi connectivity index (χ4n) is 3.02. The zero-order valence-electron chi connectivity index (χ0n) is 13.3. The van der Waals surface area contributed by atoms with Crippen molar-refractivity contribution in [1.29, 1.82) is 0 Å². The van der Waals surface area contributed by atoms with Crippen molar-refractivity contribution < 1.29 is 14.4 Å². The van der Waals surface area contributed by atoms with Crippen LogP contribution >= 0.6 is 0 Å². The van der Waals surface area contributed by atoms with Gasteiger partial charge in [0.25, 0.3) is 5.91 Å². The number of pyridine rings is 1. The number of carbonyl (C=O) groups excluding carboxylic acids is 3. The molecule has 0 radical (unpaired) electrons. The number of carbonyl (C=O) groups is 3. The molecule has 2 saturated heterocycles. The molecule has 0 saturated carbocycles. The summed E-state index contributed by atoms with van der Waals surface area (Å²) in [6.07, 6.45) is 4.07. The monoisotopic (exact) mass is 331 g/mol. The smallest absolute Gasteiger partial charge is 0.322 e. The molecule has 3 rings (SSSR count). The lowest BCUT2D eigenvalue weighted by Crippen LogP contribution is -2.43. The van der Waals surface area contributed by atoms with Crippen LogP contribution in [-0.2, 0) is 9.59 Å². The minimum Gasteiger partial charge on any atom is -0.367 e. The first kappa shape index (κ1) is 16.2. The van der Waals surface area contributed by atoms with E-state index in [9.17, 15) is 14.4 Å². The van der Waals surface area contributed by atoms with Crippen LogP contribution in [0.25, 0.3) is 0 Å². The maximum atomic E-state index is 12.3. The average Bonchev–Trinajstić information content (AvgIpc) is 2.92. The van der Waals surface area contributed by atoms with E-state index < -0.39 is 12.1 Å². The first-order valence-electron chi connectivity index (χ1n) is 8.18. The van der Waals surface area contributed by atoms with Gasteiger partial charge in [0.15, 0.2) is 0 Å². The normalized spacial score (nSPS) is 21.3. The molecule has 0 spiro atoms. The van der Waals surface area contributed by atoms with Crippen molar-refractivity contribution in [2.24, 2.45) is 0 Å². The third-order valence-corrected chi connectivity index (χ3v) is 4.37. The highest BCUT2D eigenvalue weighted by molar-refractivity contribution is 6.04. The minimum atomic E-state index is -0.593. The highest BCUT2D eigenvalue weighted by Gasteiger charge is 2.30. The molecule has 1 atom stereocenters. The Morgan fingerprint density at radius 3 is 2.71 bits per heavy atom. The van der Waals surface area contributed by atoms with E-state index in [0.29, 0.717) is 25.6 Å². The molecule has 1 aromatic rings. The fraction of sp³-hybridized carbons (Fsp3) is 0.500. The predicted octanol–water partition coefficient (Wildman–Crippen LogP) is 0.473. The van der Waals surface area contributed by atoms with Crippen molar-refractivity contribution in [2.45, 2.75) is 37.8 Å². The molecule has 128 valence electrons. The van der Waals surface area contributed by atoms with Crippen molar-refractivity contribution in [2.75, 3.05) is 18.4 Å². The summed E-state index contributed by atoms with van der Waals surface area (Å²) in [6.45, 7) is 1.37. The summed E-state index contributed by atoms with van der Waals surface area (Å²) in [4.78, 5) is 40.8. The zero-order chi connectivity index (χ0) is 16.9. The van der Waals surface area contributed by atoms with E-state index >= 15 is 0 Å². The first-order valence-corrected chi connectivity index (χ1v) is 8.18. The quantitative estimate of drug-likeness (QED) is 0.681. The number of nitrogens with one attached hydrogen (secondary N) is 3. The Kier molecular flexibility index (Phi) is 4.93. The van der Waals surface area contributed by atoms with Gasteiger partial charge in [-0.25, -0.2) is 9.78 Å². The second-order valence-electron chi connectivity index (χ2n) is 6.07. The molecular formula is C16H21N5O3. The summed E-state index contributed by atoms with van der Waals surface area (Å²) in [7, 11) is 0. The number of amides is 4. The highest BCUT2D eigenvalue weighted by Crippen LogP contribution is 2.16. The van der Waals surface area contributed by atoms with Crippen LogP contribution < -0.4 is 16.0 Å². The van der Waals surface area contributed by atoms with Gasteiger partial charge in [-0.2, -0.15) is 0 Å². The maximum Gasteiger partial charge on any atom is 0.322 e. The molecule has 2 fully saturated rings. The van der Waals surface area contributed by atoms with E-state index in [2.05, 4.69) is 20.9 Å². The Labute approximate surface area is 140 Å². The second-order valence-corrected chi connectivity index (χ2v) is 6.07. The highest BCUT2D eigenvalue weighted by atomic mass is 16.2. The van der Waals surface area contributed by atoms with Crippen LogP contribution in [0.3, 0.4) is 0 Å². The average molecular weight is 331 g/mol. The molecule has 3 N–H and O–H groups in total. The van der Waals surface area contributed by atoms with Gasteiger partial charge in [0.2, 0.25) is 5.91 Å². The Morgan fingerprint density at radius 1 is 1.29 bits per heavy atom.